The Balaban J connectivity index is 1.42. The summed E-state index contributed by atoms with van der Waals surface area (Å²) in [5.41, 5.74) is 10.2. The number of phenolic OH excluding ortho intramolecular Hbond substituents is 1. The van der Waals surface area contributed by atoms with Crippen molar-refractivity contribution in [2.75, 3.05) is 0 Å². The van der Waals surface area contributed by atoms with Crippen LogP contribution in [0.2, 0.25) is 0 Å². The molecule has 8 nitrogen and oxygen atoms in total. The summed E-state index contributed by atoms with van der Waals surface area (Å²) in [5, 5.41) is 37.8. The maximum absolute atomic E-state index is 9.73. The summed E-state index contributed by atoms with van der Waals surface area (Å²) in [6.45, 7) is 1.05. The second-order valence-electron chi connectivity index (χ2n) is 9.62. The number of rotatable bonds is 5. The Bertz CT molecular complexity index is 1800. The molecule has 0 unspecified atom stereocenters. The first-order valence-corrected chi connectivity index (χ1v) is 12.7. The van der Waals surface area contributed by atoms with Crippen molar-refractivity contribution in [2.45, 2.75) is 19.7 Å². The molecule has 2 aromatic heterocycles. The first kappa shape index (κ1) is 23.1. The van der Waals surface area contributed by atoms with Crippen molar-refractivity contribution in [1.29, 1.82) is 0 Å². The van der Waals surface area contributed by atoms with Gasteiger partial charge in [0.1, 0.15) is 17.1 Å². The highest BCUT2D eigenvalue weighted by atomic mass is 16.3. The Morgan fingerprint density at radius 1 is 0.513 bits per heavy atom. The Labute approximate surface area is 224 Å². The molecule has 39 heavy (non-hydrogen) atoms. The minimum Gasteiger partial charge on any atom is -0.508 e. The van der Waals surface area contributed by atoms with Crippen LogP contribution in [0.5, 0.6) is 5.75 Å². The molecule has 0 aliphatic heterocycles. The van der Waals surface area contributed by atoms with Crippen LogP contribution in [0.15, 0.2) is 97.1 Å². The number of benzene rings is 4. The van der Waals surface area contributed by atoms with Crippen LogP contribution in [-0.4, -0.2) is 40.2 Å². The van der Waals surface area contributed by atoms with Gasteiger partial charge in [-0.1, -0.05) is 95.4 Å². The van der Waals surface area contributed by atoms with Gasteiger partial charge >= 0.3 is 0 Å². The molecular formula is C31H24N6O2. The van der Waals surface area contributed by atoms with Gasteiger partial charge in [0.2, 0.25) is 0 Å². The predicted octanol–water partition coefficient (Wildman–Crippen LogP) is 5.15. The molecule has 0 saturated carbocycles. The highest BCUT2D eigenvalue weighted by Crippen LogP contribution is 2.46. The van der Waals surface area contributed by atoms with Gasteiger partial charge < -0.3 is 10.2 Å². The van der Waals surface area contributed by atoms with E-state index in [1.165, 1.54) is 0 Å². The van der Waals surface area contributed by atoms with Crippen molar-refractivity contribution in [1.82, 2.24) is 30.0 Å². The summed E-state index contributed by atoms with van der Waals surface area (Å²) in [7, 11) is 0. The summed E-state index contributed by atoms with van der Waals surface area (Å²) in [6, 6.07) is 31.4. The molecule has 6 aromatic rings. The van der Waals surface area contributed by atoms with Crippen LogP contribution in [0.1, 0.15) is 16.7 Å². The molecule has 2 N–H and O–H groups in total. The highest BCUT2D eigenvalue weighted by Gasteiger charge is 2.29. The molecule has 1 aliphatic carbocycles. The smallest absolute Gasteiger partial charge is 0.121 e. The normalized spacial score (nSPS) is 11.6. The lowest BCUT2D eigenvalue weighted by Gasteiger charge is -2.19. The number of aromatic nitrogens is 6. The van der Waals surface area contributed by atoms with E-state index < -0.39 is 0 Å². The average molecular weight is 513 g/mol. The fourth-order valence-electron chi connectivity index (χ4n) is 5.23. The van der Waals surface area contributed by atoms with Gasteiger partial charge in [-0.05, 0) is 28.8 Å². The second kappa shape index (κ2) is 9.34. The SMILES string of the molecule is OCc1ccc(Cn2nnc3c2-c2ccccc2-c2nnn(Cc4ccc(O)cc4)c2-c2ccccc2-3)cc1. The fourth-order valence-corrected chi connectivity index (χ4v) is 5.23. The molecule has 0 bridgehead atoms. The molecule has 7 rings (SSSR count). The van der Waals surface area contributed by atoms with E-state index in [9.17, 15) is 10.2 Å². The van der Waals surface area contributed by atoms with Crippen LogP contribution in [0.25, 0.3) is 45.0 Å². The highest BCUT2D eigenvalue weighted by molar-refractivity contribution is 5.98. The van der Waals surface area contributed by atoms with Gasteiger partial charge in [0.05, 0.1) is 31.1 Å². The maximum Gasteiger partial charge on any atom is 0.121 e. The lowest BCUT2D eigenvalue weighted by molar-refractivity contribution is 0.282. The minimum absolute atomic E-state index is 0.0128. The van der Waals surface area contributed by atoms with Gasteiger partial charge in [-0.2, -0.15) is 0 Å². The van der Waals surface area contributed by atoms with E-state index in [1.807, 2.05) is 70.0 Å². The van der Waals surface area contributed by atoms with Crippen molar-refractivity contribution >= 4 is 0 Å². The molecule has 0 atom stereocenters. The number of hydrogen-bond acceptors (Lipinski definition) is 6. The van der Waals surface area contributed by atoms with E-state index in [0.29, 0.717) is 13.1 Å². The number of aliphatic hydroxyl groups excluding tert-OH is 1. The lowest BCUT2D eigenvalue weighted by atomic mass is 9.89. The second-order valence-corrected chi connectivity index (χ2v) is 9.62. The van der Waals surface area contributed by atoms with Gasteiger partial charge in [0.25, 0.3) is 0 Å². The Hall–Kier alpha value is -5.08. The van der Waals surface area contributed by atoms with Crippen LogP contribution in [-0.2, 0) is 19.7 Å². The van der Waals surface area contributed by atoms with E-state index in [-0.39, 0.29) is 12.4 Å². The third-order valence-electron chi connectivity index (χ3n) is 7.15. The molecule has 0 saturated heterocycles. The largest absolute Gasteiger partial charge is 0.508 e. The van der Waals surface area contributed by atoms with Gasteiger partial charge in [0.15, 0.2) is 0 Å². The lowest BCUT2D eigenvalue weighted by Crippen LogP contribution is -2.07. The molecule has 190 valence electrons. The molecule has 2 heterocycles. The van der Waals surface area contributed by atoms with Gasteiger partial charge in [0, 0.05) is 22.3 Å². The average Bonchev–Trinajstić information content (AvgIpc) is 3.57. The predicted molar refractivity (Wildman–Crippen MR) is 148 cm³/mol. The molecule has 0 fully saturated rings. The zero-order valence-corrected chi connectivity index (χ0v) is 20.9. The number of phenols is 1. The Kier molecular flexibility index (Phi) is 5.53. The first-order valence-electron chi connectivity index (χ1n) is 12.7. The first-order chi connectivity index (χ1) is 19.2. The number of aromatic hydroxyl groups is 1. The van der Waals surface area contributed by atoms with Crippen molar-refractivity contribution in [2.24, 2.45) is 0 Å². The zero-order valence-electron chi connectivity index (χ0n) is 20.9. The van der Waals surface area contributed by atoms with E-state index in [0.717, 1.165) is 61.7 Å². The van der Waals surface area contributed by atoms with Crippen LogP contribution >= 0.6 is 0 Å². The Morgan fingerprint density at radius 2 is 0.923 bits per heavy atom. The molecule has 0 radical (unpaired) electrons. The summed E-state index contributed by atoms with van der Waals surface area (Å²) < 4.78 is 3.85. The minimum atomic E-state index is 0.0128. The van der Waals surface area contributed by atoms with Crippen molar-refractivity contribution in [3.05, 3.63) is 114 Å². The monoisotopic (exact) mass is 512 g/mol. The molecule has 8 heteroatoms. The number of hydrogen-bond donors (Lipinski definition) is 2. The Morgan fingerprint density at radius 3 is 1.38 bits per heavy atom. The number of fused-ring (bicyclic) bond motifs is 8. The summed E-state index contributed by atoms with van der Waals surface area (Å²) >= 11 is 0. The van der Waals surface area contributed by atoms with Crippen LogP contribution in [0.3, 0.4) is 0 Å². The third kappa shape index (κ3) is 3.98. The molecule has 1 aliphatic rings. The van der Waals surface area contributed by atoms with Crippen molar-refractivity contribution in [3.8, 4) is 50.8 Å². The van der Waals surface area contributed by atoms with Gasteiger partial charge in [-0.15, -0.1) is 10.2 Å². The van der Waals surface area contributed by atoms with Crippen LogP contribution in [0, 0.1) is 0 Å². The van der Waals surface area contributed by atoms with Crippen molar-refractivity contribution < 1.29 is 10.2 Å². The topological polar surface area (TPSA) is 102 Å². The summed E-state index contributed by atoms with van der Waals surface area (Å²) in [5.74, 6) is 0.229. The maximum atomic E-state index is 9.73. The molecule has 4 aromatic carbocycles. The van der Waals surface area contributed by atoms with E-state index >= 15 is 0 Å². The van der Waals surface area contributed by atoms with E-state index in [1.54, 1.807) is 12.1 Å². The molecule has 0 amide bonds. The van der Waals surface area contributed by atoms with Gasteiger partial charge in [-0.3, -0.25) is 0 Å². The molecular weight excluding hydrogens is 488 g/mol. The van der Waals surface area contributed by atoms with Crippen LogP contribution in [0.4, 0.5) is 0 Å². The standard InChI is InChI=1S/C31H24N6O2/c38-19-22-11-9-20(10-12-22)17-36-30-26-7-3-1-5-24(26)29-31(27-8-4-2-6-25(27)28(30)32-34-36)37(35-33-29)18-21-13-15-23(39)16-14-21/h1-16,38-39H,17-19H2. The number of nitrogens with zero attached hydrogens (tertiary/aromatic N) is 6. The molecule has 0 spiro atoms. The number of aliphatic hydroxyl groups is 1. The zero-order chi connectivity index (χ0) is 26.3. The van der Waals surface area contributed by atoms with Crippen LogP contribution < -0.4 is 0 Å². The fraction of sp³-hybridized carbons (Fsp3) is 0.0968. The quantitative estimate of drug-likeness (QED) is 0.331. The van der Waals surface area contributed by atoms with Gasteiger partial charge in [-0.25, -0.2) is 9.36 Å². The summed E-state index contributed by atoms with van der Waals surface area (Å²) in [6.07, 6.45) is 0. The van der Waals surface area contributed by atoms with Crippen molar-refractivity contribution in [3.63, 3.8) is 0 Å². The summed E-state index contributed by atoms with van der Waals surface area (Å²) in [4.78, 5) is 0. The van der Waals surface area contributed by atoms with E-state index in [4.69, 9.17) is 10.2 Å². The van der Waals surface area contributed by atoms with E-state index in [2.05, 4.69) is 34.7 Å². The third-order valence-corrected chi connectivity index (χ3v) is 7.15.